The van der Waals surface area contributed by atoms with Crippen LogP contribution in [0, 0.1) is 5.92 Å². The minimum atomic E-state index is -5.47. The summed E-state index contributed by atoms with van der Waals surface area (Å²) in [5.41, 5.74) is 6.84. The van der Waals surface area contributed by atoms with Crippen molar-refractivity contribution in [3.05, 3.63) is 89.1 Å². The number of anilines is 2. The van der Waals surface area contributed by atoms with Gasteiger partial charge in [0.05, 0.1) is 34.2 Å². The number of sulfone groups is 1. The molecule has 11 nitrogen and oxygen atoms in total. The number of nitrogens with two attached hydrogens (primary N) is 1. The van der Waals surface area contributed by atoms with Gasteiger partial charge in [-0.2, -0.15) is 13.2 Å². The third-order valence-electron chi connectivity index (χ3n) is 8.30. The monoisotopic (exact) mass is 732 g/mol. The van der Waals surface area contributed by atoms with Crippen LogP contribution in [0.3, 0.4) is 0 Å². The van der Waals surface area contributed by atoms with Crippen molar-refractivity contribution in [3.8, 4) is 5.75 Å². The average molecular weight is 733 g/mol. The van der Waals surface area contributed by atoms with Gasteiger partial charge < -0.3 is 25.4 Å². The van der Waals surface area contributed by atoms with Gasteiger partial charge in [0.1, 0.15) is 17.6 Å². The molecule has 0 bridgehead atoms. The van der Waals surface area contributed by atoms with Crippen LogP contribution in [0.25, 0.3) is 10.8 Å². The molecule has 0 unspecified atom stereocenters. The van der Waals surface area contributed by atoms with Crippen molar-refractivity contribution in [3.63, 3.8) is 0 Å². The molecule has 2 heterocycles. The van der Waals surface area contributed by atoms with E-state index >= 15 is 0 Å². The number of nitrogens with zero attached hydrogens (tertiary/aromatic N) is 2. The first-order valence-corrected chi connectivity index (χ1v) is 17.5. The van der Waals surface area contributed by atoms with Crippen LogP contribution in [0.4, 0.5) is 24.7 Å². The predicted molar refractivity (Wildman–Crippen MR) is 179 cm³/mol. The van der Waals surface area contributed by atoms with E-state index in [4.69, 9.17) is 22.1 Å². The fourth-order valence-corrected chi connectivity index (χ4v) is 7.25. The topological polar surface area (TPSA) is 158 Å². The summed E-state index contributed by atoms with van der Waals surface area (Å²) in [7, 11) is -3.97. The van der Waals surface area contributed by atoms with Crippen LogP contribution in [-0.4, -0.2) is 61.2 Å². The molecule has 3 aromatic carbocycles. The lowest BCUT2D eigenvalue weighted by Gasteiger charge is -2.33. The van der Waals surface area contributed by atoms with E-state index in [9.17, 15) is 36.0 Å². The SMILES string of the molecule is CCOc1cc([C@@H](Nc2ccc3c(N)nccc3c2)C(=O)N2CC[C@H](C(=O)OC(=O)C(F)(F)F)[C@@H]2c2ccccc2S(=O)(=O)CC)ccc1Cl. The molecule has 0 radical (unpaired) electrons. The number of nitrogens with one attached hydrogen (secondary N) is 1. The minimum absolute atomic E-state index is 0.0138. The number of pyridine rings is 1. The van der Waals surface area contributed by atoms with E-state index in [-0.39, 0.29) is 46.6 Å². The summed E-state index contributed by atoms with van der Waals surface area (Å²) in [6, 6.07) is 14.4. The number of aromatic nitrogens is 1. The molecule has 16 heteroatoms. The maximum atomic E-state index is 14.8. The lowest BCUT2D eigenvalue weighted by molar-refractivity contribution is -0.203. The summed E-state index contributed by atoms with van der Waals surface area (Å²) in [6.45, 7) is 3.21. The average Bonchev–Trinajstić information content (AvgIpc) is 3.53. The highest BCUT2D eigenvalue weighted by atomic mass is 35.5. The maximum Gasteiger partial charge on any atom is 0.491 e. The van der Waals surface area contributed by atoms with Gasteiger partial charge in [0, 0.05) is 23.8 Å². The number of hydrogen-bond donors (Lipinski definition) is 2. The molecule has 50 heavy (non-hydrogen) atoms. The van der Waals surface area contributed by atoms with E-state index in [1.54, 1.807) is 43.3 Å². The Kier molecular flexibility index (Phi) is 10.6. The fraction of sp³-hybridized carbons (Fsp3) is 0.294. The molecule has 4 aromatic rings. The van der Waals surface area contributed by atoms with Crippen LogP contribution in [0.5, 0.6) is 5.75 Å². The van der Waals surface area contributed by atoms with Crippen molar-refractivity contribution in [1.82, 2.24) is 9.88 Å². The van der Waals surface area contributed by atoms with Gasteiger partial charge in [-0.05, 0) is 72.3 Å². The molecule has 5 rings (SSSR count). The number of carbonyl (C=O) groups is 3. The van der Waals surface area contributed by atoms with E-state index < -0.39 is 51.9 Å². The van der Waals surface area contributed by atoms with Crippen molar-refractivity contribution in [2.75, 3.05) is 30.0 Å². The van der Waals surface area contributed by atoms with Gasteiger partial charge in [-0.3, -0.25) is 9.59 Å². The largest absolute Gasteiger partial charge is 0.492 e. The second-order valence-corrected chi connectivity index (χ2v) is 14.0. The highest BCUT2D eigenvalue weighted by molar-refractivity contribution is 7.91. The summed E-state index contributed by atoms with van der Waals surface area (Å²) in [6.07, 6.45) is -4.18. The Balaban J connectivity index is 1.64. The van der Waals surface area contributed by atoms with Gasteiger partial charge in [-0.1, -0.05) is 42.8 Å². The molecule has 1 aliphatic heterocycles. The fourth-order valence-electron chi connectivity index (χ4n) is 5.94. The maximum absolute atomic E-state index is 14.8. The third kappa shape index (κ3) is 7.48. The Morgan fingerprint density at radius 2 is 1.82 bits per heavy atom. The van der Waals surface area contributed by atoms with Crippen LogP contribution in [0.1, 0.15) is 43.5 Å². The Hall–Kier alpha value is -4.89. The highest BCUT2D eigenvalue weighted by Gasteiger charge is 2.49. The Labute approximate surface area is 290 Å². The quantitative estimate of drug-likeness (QED) is 0.146. The lowest BCUT2D eigenvalue weighted by atomic mass is 9.93. The summed E-state index contributed by atoms with van der Waals surface area (Å²) in [5, 5.41) is 4.84. The Bertz CT molecular complexity index is 2060. The van der Waals surface area contributed by atoms with E-state index in [1.807, 2.05) is 0 Å². The molecular weight excluding hydrogens is 701 g/mol. The summed E-state index contributed by atoms with van der Waals surface area (Å²) < 4.78 is 75.7. The standard InChI is InChI=1S/C34H32ClF3N4O7S/c1-3-48-26-18-20(9-12-25(26)35)28(41-21-10-11-22-19(17-21)13-15-40-30(22)39)31(43)42-16-14-24(32(44)49-33(45)34(36,37)38)29(42)23-7-5-6-8-27(23)50(46,47)4-2/h5-13,15,17-18,24,28-29,41H,3-4,14,16H2,1-2H3,(H2,39,40)/t24-,28+,29-/m0/s1. The second kappa shape index (κ2) is 14.5. The number of alkyl halides is 3. The zero-order valence-electron chi connectivity index (χ0n) is 26.7. The number of amides is 1. The number of rotatable bonds is 10. The van der Waals surface area contributed by atoms with E-state index in [0.717, 1.165) is 0 Å². The molecule has 1 aromatic heterocycles. The van der Waals surface area contributed by atoms with Gasteiger partial charge >= 0.3 is 18.1 Å². The van der Waals surface area contributed by atoms with Crippen molar-refractivity contribution in [2.45, 2.75) is 43.4 Å². The number of likely N-dealkylation sites (tertiary alicyclic amines) is 1. The van der Waals surface area contributed by atoms with Crippen molar-refractivity contribution < 1.29 is 45.4 Å². The normalized spacial score (nSPS) is 17.0. The number of benzene rings is 3. The van der Waals surface area contributed by atoms with Crippen LogP contribution in [-0.2, 0) is 29.0 Å². The smallest absolute Gasteiger partial charge is 0.491 e. The van der Waals surface area contributed by atoms with Gasteiger partial charge in [0.15, 0.2) is 9.84 Å². The number of halogens is 4. The number of carbonyl (C=O) groups excluding carboxylic acids is 3. The lowest BCUT2D eigenvalue weighted by Crippen LogP contribution is -2.40. The molecule has 3 atom stereocenters. The number of esters is 2. The zero-order valence-corrected chi connectivity index (χ0v) is 28.3. The summed E-state index contributed by atoms with van der Waals surface area (Å²) in [5.74, 6) is -6.25. The molecule has 1 amide bonds. The van der Waals surface area contributed by atoms with Crippen LogP contribution >= 0.6 is 11.6 Å². The summed E-state index contributed by atoms with van der Waals surface area (Å²) >= 11 is 6.36. The first-order chi connectivity index (χ1) is 23.7. The van der Waals surface area contributed by atoms with Gasteiger partial charge in [-0.25, -0.2) is 18.2 Å². The molecule has 0 spiro atoms. The van der Waals surface area contributed by atoms with E-state index in [2.05, 4.69) is 15.0 Å². The van der Waals surface area contributed by atoms with Gasteiger partial charge in [0.2, 0.25) is 5.91 Å². The number of ether oxygens (including phenoxy) is 2. The molecule has 1 aliphatic rings. The number of nitrogen functional groups attached to an aromatic ring is 1. The molecule has 0 saturated carbocycles. The zero-order chi connectivity index (χ0) is 36.4. The Morgan fingerprint density at radius 3 is 2.52 bits per heavy atom. The Morgan fingerprint density at radius 1 is 1.08 bits per heavy atom. The van der Waals surface area contributed by atoms with Crippen molar-refractivity contribution in [1.29, 1.82) is 0 Å². The van der Waals surface area contributed by atoms with Crippen molar-refractivity contribution >= 4 is 61.6 Å². The predicted octanol–water partition coefficient (Wildman–Crippen LogP) is 6.04. The van der Waals surface area contributed by atoms with Crippen LogP contribution in [0.15, 0.2) is 77.8 Å². The third-order valence-corrected chi connectivity index (χ3v) is 10.4. The molecular formula is C34H32ClF3N4O7S. The molecule has 1 fully saturated rings. The minimum Gasteiger partial charge on any atom is -0.492 e. The summed E-state index contributed by atoms with van der Waals surface area (Å²) in [4.78, 5) is 44.8. The molecule has 1 saturated heterocycles. The van der Waals surface area contributed by atoms with Crippen LogP contribution in [0.2, 0.25) is 5.02 Å². The molecule has 3 N–H and O–H groups in total. The van der Waals surface area contributed by atoms with Gasteiger partial charge in [-0.15, -0.1) is 0 Å². The number of hydrogen-bond acceptors (Lipinski definition) is 10. The first-order valence-electron chi connectivity index (χ1n) is 15.4. The molecule has 264 valence electrons. The van der Waals surface area contributed by atoms with Crippen molar-refractivity contribution in [2.24, 2.45) is 5.92 Å². The highest BCUT2D eigenvalue weighted by Crippen LogP contribution is 2.43. The molecule has 0 aliphatic carbocycles. The van der Waals surface area contributed by atoms with E-state index in [1.165, 1.54) is 48.4 Å². The number of fused-ring (bicyclic) bond motifs is 1. The second-order valence-electron chi connectivity index (χ2n) is 11.4. The van der Waals surface area contributed by atoms with Gasteiger partial charge in [0.25, 0.3) is 0 Å². The van der Waals surface area contributed by atoms with Crippen LogP contribution < -0.4 is 15.8 Å². The van der Waals surface area contributed by atoms with E-state index in [0.29, 0.717) is 27.8 Å². The first kappa shape index (κ1) is 36.4.